The molecule has 0 aliphatic carbocycles. The first kappa shape index (κ1) is 11.9. The van der Waals surface area contributed by atoms with Gasteiger partial charge in [-0.2, -0.15) is 0 Å². The van der Waals surface area contributed by atoms with Gasteiger partial charge in [-0.25, -0.2) is 0 Å². The minimum absolute atomic E-state index is 0.225. The van der Waals surface area contributed by atoms with Crippen LogP contribution in [0.15, 0.2) is 0 Å². The van der Waals surface area contributed by atoms with Gasteiger partial charge in [0, 0.05) is 0 Å². The van der Waals surface area contributed by atoms with E-state index in [4.69, 9.17) is 19.9 Å². The number of amides is 1. The van der Waals surface area contributed by atoms with E-state index >= 15 is 0 Å². The molecule has 0 saturated carbocycles. The first-order valence-corrected chi connectivity index (χ1v) is 5.90. The second kappa shape index (κ2) is 4.81. The van der Waals surface area contributed by atoms with Crippen molar-refractivity contribution < 1.29 is 19.0 Å². The van der Waals surface area contributed by atoms with Gasteiger partial charge < -0.3 is 0 Å². The van der Waals surface area contributed by atoms with Gasteiger partial charge in [0.05, 0.1) is 0 Å². The number of rotatable bonds is 5. The molecule has 1 atom stereocenters. The third kappa shape index (κ3) is 1.98. The van der Waals surface area contributed by atoms with Gasteiger partial charge in [-0.3, -0.25) is 0 Å². The standard InChI is InChI=1S/C6H15GeNO4/c1-10-4(7)6(11-2,12-3)5(8)9/h4H,1-3,7H3,(H2,8,9). The fourth-order valence-electron chi connectivity index (χ4n) is 0.972. The maximum atomic E-state index is 11.0. The number of carbonyl (C=O) groups excluding carboxylic acids is 1. The summed E-state index contributed by atoms with van der Waals surface area (Å²) in [6.45, 7) is 0. The van der Waals surface area contributed by atoms with E-state index in [0.717, 1.165) is 0 Å². The van der Waals surface area contributed by atoms with Crippen molar-refractivity contribution in [3.8, 4) is 0 Å². The zero-order valence-corrected chi connectivity index (χ0v) is 12.0. The summed E-state index contributed by atoms with van der Waals surface area (Å²) in [5.74, 6) is -2.07. The van der Waals surface area contributed by atoms with Crippen LogP contribution in [-0.4, -0.2) is 54.5 Å². The molecule has 0 spiro atoms. The Bertz CT molecular complexity index is 160. The molecule has 0 rings (SSSR count). The van der Waals surface area contributed by atoms with Gasteiger partial charge in [-0.15, -0.1) is 0 Å². The molecule has 6 heteroatoms. The van der Waals surface area contributed by atoms with Crippen molar-refractivity contribution in [1.82, 2.24) is 0 Å². The van der Waals surface area contributed by atoms with E-state index in [2.05, 4.69) is 0 Å². The minimum atomic E-state index is -1.41. The van der Waals surface area contributed by atoms with E-state index < -0.39 is 11.7 Å². The van der Waals surface area contributed by atoms with Crippen molar-refractivity contribution in [3.63, 3.8) is 0 Å². The molecule has 1 unspecified atom stereocenters. The van der Waals surface area contributed by atoms with Crippen molar-refractivity contribution in [3.05, 3.63) is 0 Å². The predicted octanol–water partition coefficient (Wildman–Crippen LogP) is -2.20. The van der Waals surface area contributed by atoms with E-state index in [1.807, 2.05) is 0 Å². The zero-order chi connectivity index (χ0) is 9.78. The molecule has 0 aromatic heterocycles. The summed E-state index contributed by atoms with van der Waals surface area (Å²) in [5.41, 5.74) is 5.13. The zero-order valence-electron chi connectivity index (χ0n) is 7.79. The van der Waals surface area contributed by atoms with Crippen LogP contribution in [0.1, 0.15) is 0 Å². The predicted molar refractivity (Wildman–Crippen MR) is 46.7 cm³/mol. The second-order valence-electron chi connectivity index (χ2n) is 2.32. The number of ether oxygens (including phenoxy) is 3. The number of carbonyl (C=O) groups is 1. The Morgan fingerprint density at radius 2 is 1.83 bits per heavy atom. The third-order valence-electron chi connectivity index (χ3n) is 1.84. The van der Waals surface area contributed by atoms with Gasteiger partial charge in [-0.1, -0.05) is 0 Å². The topological polar surface area (TPSA) is 70.8 Å². The van der Waals surface area contributed by atoms with Gasteiger partial charge in [0.2, 0.25) is 0 Å². The van der Waals surface area contributed by atoms with E-state index in [1.165, 1.54) is 21.3 Å². The molecule has 1 amide bonds. The molecular weight excluding hydrogens is 223 g/mol. The number of hydrogen-bond donors (Lipinski definition) is 1. The Labute approximate surface area is 79.8 Å². The normalized spacial score (nSPS) is 14.6. The van der Waals surface area contributed by atoms with Crippen molar-refractivity contribution in [2.75, 3.05) is 21.3 Å². The molecule has 0 aliphatic heterocycles. The van der Waals surface area contributed by atoms with Crippen LogP contribution in [0, 0.1) is 0 Å². The van der Waals surface area contributed by atoms with Crippen LogP contribution in [0.2, 0.25) is 0 Å². The number of primary amides is 1. The molecule has 0 bridgehead atoms. The van der Waals surface area contributed by atoms with Crippen LogP contribution < -0.4 is 5.73 Å². The summed E-state index contributed by atoms with van der Waals surface area (Å²) >= 11 is 0.225. The van der Waals surface area contributed by atoms with Crippen LogP contribution in [0.5, 0.6) is 0 Å². The Balaban J connectivity index is 4.68. The summed E-state index contributed by atoms with van der Waals surface area (Å²) < 4.78 is 14.8. The van der Waals surface area contributed by atoms with Crippen molar-refractivity contribution >= 4 is 22.4 Å². The number of hydrogen-bond acceptors (Lipinski definition) is 4. The summed E-state index contributed by atoms with van der Waals surface area (Å²) in [7, 11) is 4.23. The molecule has 0 saturated heterocycles. The Morgan fingerprint density at radius 3 is 1.92 bits per heavy atom. The molecule has 0 radical (unpaired) electrons. The Hall–Kier alpha value is -0.107. The molecule has 72 valence electrons. The summed E-state index contributed by atoms with van der Waals surface area (Å²) in [4.78, 5) is 10.6. The molecule has 0 fully saturated rings. The number of methoxy groups -OCH3 is 3. The first-order valence-electron chi connectivity index (χ1n) is 3.48. The average molecular weight is 238 g/mol. The molecular formula is C6H15GeNO4. The van der Waals surface area contributed by atoms with E-state index in [1.54, 1.807) is 0 Å². The number of nitrogens with two attached hydrogens (primary N) is 1. The maximum absolute atomic E-state index is 11.0. The van der Waals surface area contributed by atoms with Gasteiger partial charge in [0.25, 0.3) is 0 Å². The van der Waals surface area contributed by atoms with Gasteiger partial charge in [0.15, 0.2) is 0 Å². The fraction of sp³-hybridized carbons (Fsp3) is 0.833. The van der Waals surface area contributed by atoms with E-state index in [9.17, 15) is 4.79 Å². The van der Waals surface area contributed by atoms with Gasteiger partial charge in [-0.05, 0) is 0 Å². The van der Waals surface area contributed by atoms with Crippen LogP contribution in [0.25, 0.3) is 0 Å². The quantitative estimate of drug-likeness (QED) is 0.435. The molecule has 0 aliphatic rings. The summed E-state index contributed by atoms with van der Waals surface area (Å²) in [6.07, 6.45) is 0. The average Bonchev–Trinajstić information content (AvgIpc) is 2.06. The SMILES string of the molecule is CO[CH]([GeH3])C(OC)(OC)C(N)=O. The molecule has 12 heavy (non-hydrogen) atoms. The molecule has 0 heterocycles. The summed E-state index contributed by atoms with van der Waals surface area (Å²) in [5, 5.41) is 0. The van der Waals surface area contributed by atoms with Crippen molar-refractivity contribution in [2.45, 2.75) is 10.7 Å². The Morgan fingerprint density at radius 1 is 1.42 bits per heavy atom. The Kier molecular flexibility index (Phi) is 4.76. The van der Waals surface area contributed by atoms with E-state index in [-0.39, 0.29) is 21.5 Å². The van der Waals surface area contributed by atoms with Gasteiger partial charge >= 0.3 is 79.2 Å². The van der Waals surface area contributed by atoms with Crippen molar-refractivity contribution in [1.29, 1.82) is 0 Å². The molecule has 2 N–H and O–H groups in total. The van der Waals surface area contributed by atoms with Crippen molar-refractivity contribution in [2.24, 2.45) is 5.73 Å². The molecule has 5 nitrogen and oxygen atoms in total. The van der Waals surface area contributed by atoms with Crippen LogP contribution in [-0.2, 0) is 19.0 Å². The van der Waals surface area contributed by atoms with E-state index in [0.29, 0.717) is 0 Å². The molecule has 0 aromatic rings. The first-order chi connectivity index (χ1) is 5.55. The van der Waals surface area contributed by atoms with Crippen LogP contribution in [0.4, 0.5) is 0 Å². The van der Waals surface area contributed by atoms with Gasteiger partial charge in [0.1, 0.15) is 0 Å². The fourth-order valence-corrected chi connectivity index (χ4v) is 2.56. The second-order valence-corrected chi connectivity index (χ2v) is 4.52. The monoisotopic (exact) mass is 239 g/mol. The van der Waals surface area contributed by atoms with Crippen LogP contribution >= 0.6 is 0 Å². The summed E-state index contributed by atoms with van der Waals surface area (Å²) in [6, 6.07) is 0. The van der Waals surface area contributed by atoms with Crippen LogP contribution in [0.3, 0.4) is 0 Å². The third-order valence-corrected chi connectivity index (χ3v) is 4.42. The molecule has 0 aromatic carbocycles.